The van der Waals surface area contributed by atoms with Crippen molar-refractivity contribution < 1.29 is 13.2 Å². The standard InChI is InChI=1S/C19H30N4O3S/c1-3-20-9-11-22(12-10-20)19(24)17(2)21-13-15-23(16-14-21)27(25,26)18-7-5-4-6-8-18/h4-8,17H,3,9-16H2,1-2H3. The highest BCUT2D eigenvalue weighted by Crippen LogP contribution is 2.18. The third-order valence-corrected chi connectivity index (χ3v) is 7.60. The number of hydrogen-bond donors (Lipinski definition) is 0. The van der Waals surface area contributed by atoms with Crippen LogP contribution in [-0.4, -0.2) is 98.3 Å². The van der Waals surface area contributed by atoms with E-state index in [2.05, 4.69) is 16.7 Å². The first kappa shape index (κ1) is 20.3. The van der Waals surface area contributed by atoms with Gasteiger partial charge in [-0.15, -0.1) is 0 Å². The Morgan fingerprint density at radius 1 is 0.963 bits per heavy atom. The normalized spacial score (nSPS) is 21.9. The zero-order chi connectivity index (χ0) is 19.4. The van der Waals surface area contributed by atoms with Crippen LogP contribution >= 0.6 is 0 Å². The predicted octanol–water partition coefficient (Wildman–Crippen LogP) is 0.546. The van der Waals surface area contributed by atoms with Crippen molar-refractivity contribution >= 4 is 15.9 Å². The Labute approximate surface area is 162 Å². The van der Waals surface area contributed by atoms with Crippen LogP contribution in [0.5, 0.6) is 0 Å². The molecule has 2 aliphatic rings. The number of nitrogens with zero attached hydrogens (tertiary/aromatic N) is 4. The first-order chi connectivity index (χ1) is 12.9. The number of amides is 1. The molecule has 2 aliphatic heterocycles. The molecule has 0 saturated carbocycles. The van der Waals surface area contributed by atoms with E-state index in [0.717, 1.165) is 32.7 Å². The summed E-state index contributed by atoms with van der Waals surface area (Å²) in [5.74, 6) is 0.158. The van der Waals surface area contributed by atoms with Gasteiger partial charge in [0.25, 0.3) is 0 Å². The van der Waals surface area contributed by atoms with Crippen molar-refractivity contribution in [2.24, 2.45) is 0 Å². The Balaban J connectivity index is 1.55. The van der Waals surface area contributed by atoms with Crippen molar-refractivity contribution in [2.75, 3.05) is 58.9 Å². The summed E-state index contributed by atoms with van der Waals surface area (Å²) in [4.78, 5) is 19.6. The van der Waals surface area contributed by atoms with Crippen molar-refractivity contribution in [3.8, 4) is 0 Å². The lowest BCUT2D eigenvalue weighted by molar-refractivity contribution is -0.138. The van der Waals surface area contributed by atoms with E-state index in [1.165, 1.54) is 4.31 Å². The molecule has 2 saturated heterocycles. The fourth-order valence-corrected chi connectivity index (χ4v) is 5.22. The topological polar surface area (TPSA) is 64.2 Å². The van der Waals surface area contributed by atoms with Crippen LogP contribution < -0.4 is 0 Å². The molecule has 3 rings (SSSR count). The lowest BCUT2D eigenvalue weighted by Crippen LogP contribution is -2.57. The van der Waals surface area contributed by atoms with Crippen LogP contribution in [0.4, 0.5) is 0 Å². The summed E-state index contributed by atoms with van der Waals surface area (Å²) in [6.07, 6.45) is 0. The van der Waals surface area contributed by atoms with Crippen molar-refractivity contribution in [1.29, 1.82) is 0 Å². The molecule has 1 aromatic rings. The number of likely N-dealkylation sites (N-methyl/N-ethyl adjacent to an activating group) is 1. The largest absolute Gasteiger partial charge is 0.339 e. The average Bonchev–Trinajstić information content (AvgIpc) is 2.73. The highest BCUT2D eigenvalue weighted by atomic mass is 32.2. The molecule has 27 heavy (non-hydrogen) atoms. The molecular weight excluding hydrogens is 364 g/mol. The third kappa shape index (κ3) is 4.51. The number of benzene rings is 1. The smallest absolute Gasteiger partial charge is 0.243 e. The molecular formula is C19H30N4O3S. The molecule has 1 atom stereocenters. The number of rotatable bonds is 5. The highest BCUT2D eigenvalue weighted by molar-refractivity contribution is 7.89. The second-order valence-corrected chi connectivity index (χ2v) is 9.13. The van der Waals surface area contributed by atoms with E-state index in [0.29, 0.717) is 31.1 Å². The number of hydrogen-bond acceptors (Lipinski definition) is 5. The summed E-state index contributed by atoms with van der Waals surface area (Å²) in [6.45, 7) is 10.5. The summed E-state index contributed by atoms with van der Waals surface area (Å²) in [6, 6.07) is 8.34. The van der Waals surface area contributed by atoms with Crippen molar-refractivity contribution in [1.82, 2.24) is 19.0 Å². The fraction of sp³-hybridized carbons (Fsp3) is 0.632. The van der Waals surface area contributed by atoms with Crippen LogP contribution in [0, 0.1) is 0 Å². The van der Waals surface area contributed by atoms with Gasteiger partial charge in [-0.1, -0.05) is 25.1 Å². The second-order valence-electron chi connectivity index (χ2n) is 7.19. The minimum atomic E-state index is -3.46. The van der Waals surface area contributed by atoms with E-state index in [-0.39, 0.29) is 11.9 Å². The van der Waals surface area contributed by atoms with Crippen molar-refractivity contribution in [3.63, 3.8) is 0 Å². The van der Waals surface area contributed by atoms with Crippen LogP contribution in [0.15, 0.2) is 35.2 Å². The molecule has 8 heteroatoms. The molecule has 2 fully saturated rings. The number of piperazine rings is 2. The van der Waals surface area contributed by atoms with E-state index < -0.39 is 10.0 Å². The highest BCUT2D eigenvalue weighted by Gasteiger charge is 2.33. The molecule has 1 aromatic carbocycles. The second kappa shape index (κ2) is 8.68. The van der Waals surface area contributed by atoms with Gasteiger partial charge in [-0.25, -0.2) is 8.42 Å². The van der Waals surface area contributed by atoms with E-state index >= 15 is 0 Å². The van der Waals surface area contributed by atoms with E-state index in [1.807, 2.05) is 17.9 Å². The van der Waals surface area contributed by atoms with Gasteiger partial charge in [0.15, 0.2) is 0 Å². The lowest BCUT2D eigenvalue weighted by Gasteiger charge is -2.40. The van der Waals surface area contributed by atoms with Crippen molar-refractivity contribution in [2.45, 2.75) is 24.8 Å². The van der Waals surface area contributed by atoms with Gasteiger partial charge in [-0.05, 0) is 25.6 Å². The van der Waals surface area contributed by atoms with E-state index in [1.54, 1.807) is 24.3 Å². The van der Waals surface area contributed by atoms with Crippen LogP contribution in [0.2, 0.25) is 0 Å². The maximum absolute atomic E-state index is 12.8. The van der Waals surface area contributed by atoms with Gasteiger partial charge in [0, 0.05) is 52.4 Å². The molecule has 0 bridgehead atoms. The molecule has 1 amide bonds. The predicted molar refractivity (Wildman–Crippen MR) is 105 cm³/mol. The molecule has 0 radical (unpaired) electrons. The number of carbonyl (C=O) groups excluding carboxylic acids is 1. The third-order valence-electron chi connectivity index (χ3n) is 5.69. The molecule has 0 aliphatic carbocycles. The maximum atomic E-state index is 12.8. The number of sulfonamides is 1. The van der Waals surface area contributed by atoms with E-state index in [4.69, 9.17) is 0 Å². The molecule has 0 aromatic heterocycles. The minimum Gasteiger partial charge on any atom is -0.339 e. The van der Waals surface area contributed by atoms with Gasteiger partial charge in [0.2, 0.25) is 15.9 Å². The quantitative estimate of drug-likeness (QED) is 0.730. The molecule has 0 spiro atoms. The molecule has 7 nitrogen and oxygen atoms in total. The molecule has 0 N–H and O–H groups in total. The van der Waals surface area contributed by atoms with Crippen LogP contribution in [0.25, 0.3) is 0 Å². The summed E-state index contributed by atoms with van der Waals surface area (Å²) in [5.41, 5.74) is 0. The Hall–Kier alpha value is -1.48. The fourth-order valence-electron chi connectivity index (χ4n) is 3.78. The Morgan fingerprint density at radius 3 is 2.11 bits per heavy atom. The molecule has 150 valence electrons. The lowest BCUT2D eigenvalue weighted by atomic mass is 10.2. The number of carbonyl (C=O) groups is 1. The first-order valence-electron chi connectivity index (χ1n) is 9.74. The molecule has 2 heterocycles. The zero-order valence-corrected chi connectivity index (χ0v) is 17.1. The van der Waals surface area contributed by atoms with Gasteiger partial charge < -0.3 is 9.80 Å². The Morgan fingerprint density at radius 2 is 1.56 bits per heavy atom. The van der Waals surface area contributed by atoms with E-state index in [9.17, 15) is 13.2 Å². The SMILES string of the molecule is CCN1CCN(C(=O)C(C)N2CCN(S(=O)(=O)c3ccccc3)CC2)CC1. The van der Waals surface area contributed by atoms with Gasteiger partial charge in [0.05, 0.1) is 10.9 Å². The average molecular weight is 395 g/mol. The van der Waals surface area contributed by atoms with Crippen LogP contribution in [0.1, 0.15) is 13.8 Å². The Kier molecular flexibility index (Phi) is 6.52. The van der Waals surface area contributed by atoms with Gasteiger partial charge in [0.1, 0.15) is 0 Å². The summed E-state index contributed by atoms with van der Waals surface area (Å²) in [7, 11) is -3.46. The maximum Gasteiger partial charge on any atom is 0.243 e. The van der Waals surface area contributed by atoms with Crippen molar-refractivity contribution in [3.05, 3.63) is 30.3 Å². The van der Waals surface area contributed by atoms with Crippen LogP contribution in [-0.2, 0) is 14.8 Å². The summed E-state index contributed by atoms with van der Waals surface area (Å²) in [5, 5.41) is 0. The monoisotopic (exact) mass is 394 g/mol. The summed E-state index contributed by atoms with van der Waals surface area (Å²) < 4.78 is 27.0. The first-order valence-corrected chi connectivity index (χ1v) is 11.2. The Bertz CT molecular complexity index is 725. The van der Waals surface area contributed by atoms with Gasteiger partial charge >= 0.3 is 0 Å². The molecule has 1 unspecified atom stereocenters. The summed E-state index contributed by atoms with van der Waals surface area (Å²) >= 11 is 0. The minimum absolute atomic E-state index is 0.158. The zero-order valence-electron chi connectivity index (χ0n) is 16.2. The van der Waals surface area contributed by atoms with Crippen LogP contribution in [0.3, 0.4) is 0 Å². The van der Waals surface area contributed by atoms with Gasteiger partial charge in [-0.3, -0.25) is 9.69 Å². The van der Waals surface area contributed by atoms with Gasteiger partial charge in [-0.2, -0.15) is 4.31 Å².